The Morgan fingerprint density at radius 1 is 1.15 bits per heavy atom. The average Bonchev–Trinajstić information content (AvgIpc) is 2.78. The number of rotatable bonds is 7. The van der Waals surface area contributed by atoms with Gasteiger partial charge in [-0.1, -0.05) is 17.7 Å². The van der Waals surface area contributed by atoms with Crippen LogP contribution in [0, 0.1) is 0 Å². The number of pyridine rings is 3. The Morgan fingerprint density at radius 2 is 2.00 bits per heavy atom. The number of hydrogen-bond acceptors (Lipinski definition) is 6. The lowest BCUT2D eigenvalue weighted by molar-refractivity contribution is -0.114. The Morgan fingerprint density at radius 3 is 2.76 bits per heavy atom. The molecule has 0 bridgehead atoms. The molecular weight excluding hydrogens is 442 g/mol. The number of ether oxygens (including phenoxy) is 1. The van der Waals surface area contributed by atoms with Crippen molar-refractivity contribution >= 4 is 39.9 Å². The first-order valence-electron chi connectivity index (χ1n) is 10.3. The van der Waals surface area contributed by atoms with E-state index < -0.39 is 0 Å². The third-order valence-electron chi connectivity index (χ3n) is 4.94. The minimum absolute atomic E-state index is 0.175. The lowest BCUT2D eigenvalue weighted by Gasteiger charge is -2.16. The molecule has 3 aromatic heterocycles. The molecule has 0 saturated heterocycles. The molecule has 0 aliphatic rings. The monoisotopic (exact) mass is 463 g/mol. The molecule has 0 radical (unpaired) electrons. The molecule has 3 heterocycles. The zero-order valence-corrected chi connectivity index (χ0v) is 18.8. The van der Waals surface area contributed by atoms with Gasteiger partial charge in [-0.3, -0.25) is 14.6 Å². The summed E-state index contributed by atoms with van der Waals surface area (Å²) < 4.78 is 5.80. The standard InChI is InChI=1S/C24H22ClN5O3/c1-14(28-23-11-17(6-8-27-23)29-15(2)31)19-9-16-10-20(25)22(12-21(16)30-24(19)32)33-13-18-5-3-4-7-26-18/h3-12,14H,13H2,1-2H3,(H,30,32)(H2,27,28,29,31). The van der Waals surface area contributed by atoms with Crippen molar-refractivity contribution in [3.8, 4) is 5.75 Å². The molecule has 33 heavy (non-hydrogen) atoms. The molecule has 168 valence electrons. The van der Waals surface area contributed by atoms with Crippen molar-refractivity contribution in [3.05, 3.63) is 87.6 Å². The van der Waals surface area contributed by atoms with E-state index in [2.05, 4.69) is 25.6 Å². The Hall–Kier alpha value is -3.91. The van der Waals surface area contributed by atoms with Gasteiger partial charge >= 0.3 is 0 Å². The van der Waals surface area contributed by atoms with E-state index in [1.165, 1.54) is 6.92 Å². The highest BCUT2D eigenvalue weighted by Gasteiger charge is 2.14. The summed E-state index contributed by atoms with van der Waals surface area (Å²) in [6, 6.07) is 13.9. The maximum atomic E-state index is 12.8. The number of H-pyrrole nitrogens is 1. The maximum absolute atomic E-state index is 12.8. The van der Waals surface area contributed by atoms with Gasteiger partial charge in [0.1, 0.15) is 18.2 Å². The van der Waals surface area contributed by atoms with Crippen LogP contribution in [0.2, 0.25) is 5.02 Å². The van der Waals surface area contributed by atoms with Crippen LogP contribution in [0.25, 0.3) is 10.9 Å². The molecule has 0 aliphatic heterocycles. The first-order valence-corrected chi connectivity index (χ1v) is 10.7. The molecule has 1 atom stereocenters. The van der Waals surface area contributed by atoms with Gasteiger partial charge in [-0.05, 0) is 37.3 Å². The normalized spacial score (nSPS) is 11.7. The number of fused-ring (bicyclic) bond motifs is 1. The topological polar surface area (TPSA) is 109 Å². The van der Waals surface area contributed by atoms with E-state index in [0.717, 1.165) is 11.1 Å². The Labute approximate surface area is 195 Å². The number of anilines is 2. The number of aromatic nitrogens is 3. The molecule has 0 saturated carbocycles. The third kappa shape index (κ3) is 5.48. The lowest BCUT2D eigenvalue weighted by Crippen LogP contribution is -2.20. The SMILES string of the molecule is CC(=O)Nc1ccnc(NC(C)c2cc3cc(Cl)c(OCc4ccccn4)cc3[nH]c2=O)c1. The minimum Gasteiger partial charge on any atom is -0.486 e. The van der Waals surface area contributed by atoms with Crippen LogP contribution < -0.4 is 20.9 Å². The second-order valence-corrected chi connectivity index (χ2v) is 7.92. The highest BCUT2D eigenvalue weighted by Crippen LogP contribution is 2.30. The van der Waals surface area contributed by atoms with E-state index in [0.29, 0.717) is 33.4 Å². The van der Waals surface area contributed by atoms with Crippen LogP contribution in [0.5, 0.6) is 5.75 Å². The number of hydrogen-bond donors (Lipinski definition) is 3. The number of nitrogens with zero attached hydrogens (tertiary/aromatic N) is 2. The molecule has 3 N–H and O–H groups in total. The Balaban J connectivity index is 1.56. The summed E-state index contributed by atoms with van der Waals surface area (Å²) in [5.74, 6) is 0.819. The van der Waals surface area contributed by atoms with Crippen LogP contribution in [0.15, 0.2) is 65.7 Å². The quantitative estimate of drug-likeness (QED) is 0.367. The fourth-order valence-corrected chi connectivity index (χ4v) is 3.61. The number of nitrogens with one attached hydrogen (secondary N) is 3. The summed E-state index contributed by atoms with van der Waals surface area (Å²) in [6.45, 7) is 3.56. The van der Waals surface area contributed by atoms with Crippen molar-refractivity contribution in [2.75, 3.05) is 10.6 Å². The molecule has 1 amide bonds. The zero-order chi connectivity index (χ0) is 23.4. The van der Waals surface area contributed by atoms with E-state index >= 15 is 0 Å². The average molecular weight is 464 g/mol. The largest absolute Gasteiger partial charge is 0.486 e. The number of benzene rings is 1. The van der Waals surface area contributed by atoms with Gasteiger partial charge in [0.05, 0.1) is 22.3 Å². The van der Waals surface area contributed by atoms with Crippen molar-refractivity contribution in [1.29, 1.82) is 0 Å². The van der Waals surface area contributed by atoms with E-state index in [9.17, 15) is 9.59 Å². The minimum atomic E-state index is -0.350. The summed E-state index contributed by atoms with van der Waals surface area (Å²) in [5.41, 5.74) is 2.28. The van der Waals surface area contributed by atoms with E-state index in [1.807, 2.05) is 25.1 Å². The summed E-state index contributed by atoms with van der Waals surface area (Å²) in [5, 5.41) is 7.11. The summed E-state index contributed by atoms with van der Waals surface area (Å²) in [6.07, 6.45) is 3.28. The van der Waals surface area contributed by atoms with Crippen LogP contribution in [-0.4, -0.2) is 20.9 Å². The predicted molar refractivity (Wildman–Crippen MR) is 129 cm³/mol. The number of carbonyl (C=O) groups excluding carboxylic acids is 1. The number of halogens is 1. The second kappa shape index (κ2) is 9.70. The van der Waals surface area contributed by atoms with Crippen molar-refractivity contribution < 1.29 is 9.53 Å². The van der Waals surface area contributed by atoms with Gasteiger partial charge in [-0.25, -0.2) is 4.98 Å². The van der Waals surface area contributed by atoms with Gasteiger partial charge in [0, 0.05) is 48.1 Å². The molecule has 1 aromatic carbocycles. The van der Waals surface area contributed by atoms with Crippen molar-refractivity contribution in [2.45, 2.75) is 26.5 Å². The molecule has 4 rings (SSSR count). The van der Waals surface area contributed by atoms with Crippen molar-refractivity contribution in [1.82, 2.24) is 15.0 Å². The predicted octanol–water partition coefficient (Wildman–Crippen LogP) is 4.68. The first kappa shape index (κ1) is 22.3. The Kier molecular flexibility index (Phi) is 6.55. The molecule has 4 aromatic rings. The number of carbonyl (C=O) groups is 1. The van der Waals surface area contributed by atoms with Gasteiger partial charge < -0.3 is 20.4 Å². The van der Waals surface area contributed by atoms with Crippen LogP contribution in [0.3, 0.4) is 0 Å². The molecule has 0 spiro atoms. The maximum Gasteiger partial charge on any atom is 0.253 e. The Bertz CT molecular complexity index is 1360. The van der Waals surface area contributed by atoms with Gasteiger partial charge in [-0.15, -0.1) is 0 Å². The van der Waals surface area contributed by atoms with Crippen LogP contribution in [0.4, 0.5) is 11.5 Å². The number of aromatic amines is 1. The van der Waals surface area contributed by atoms with E-state index in [1.54, 1.807) is 42.7 Å². The summed E-state index contributed by atoms with van der Waals surface area (Å²) in [7, 11) is 0. The molecule has 0 fully saturated rings. The van der Waals surface area contributed by atoms with Crippen LogP contribution >= 0.6 is 11.6 Å². The van der Waals surface area contributed by atoms with Crippen molar-refractivity contribution in [3.63, 3.8) is 0 Å². The third-order valence-corrected chi connectivity index (χ3v) is 5.23. The van der Waals surface area contributed by atoms with Gasteiger partial charge in [-0.2, -0.15) is 0 Å². The fraction of sp³-hybridized carbons (Fsp3) is 0.167. The molecule has 9 heteroatoms. The van der Waals surface area contributed by atoms with Gasteiger partial charge in [0.2, 0.25) is 5.91 Å². The highest BCUT2D eigenvalue weighted by atomic mass is 35.5. The molecule has 8 nitrogen and oxygen atoms in total. The smallest absolute Gasteiger partial charge is 0.253 e. The van der Waals surface area contributed by atoms with Crippen LogP contribution in [0.1, 0.15) is 31.1 Å². The van der Waals surface area contributed by atoms with Crippen molar-refractivity contribution in [2.24, 2.45) is 0 Å². The van der Waals surface area contributed by atoms with E-state index in [-0.39, 0.29) is 24.1 Å². The van der Waals surface area contributed by atoms with E-state index in [4.69, 9.17) is 16.3 Å². The molecule has 1 unspecified atom stereocenters. The first-order chi connectivity index (χ1) is 15.9. The second-order valence-electron chi connectivity index (χ2n) is 7.51. The fourth-order valence-electron chi connectivity index (χ4n) is 3.38. The zero-order valence-electron chi connectivity index (χ0n) is 18.1. The highest BCUT2D eigenvalue weighted by molar-refractivity contribution is 6.32. The number of amides is 1. The van der Waals surface area contributed by atoms with Gasteiger partial charge in [0.25, 0.3) is 5.56 Å². The summed E-state index contributed by atoms with van der Waals surface area (Å²) in [4.78, 5) is 35.5. The van der Waals surface area contributed by atoms with Crippen LogP contribution in [-0.2, 0) is 11.4 Å². The molecule has 0 aliphatic carbocycles. The molecular formula is C24H22ClN5O3. The van der Waals surface area contributed by atoms with Gasteiger partial charge in [0.15, 0.2) is 0 Å². The lowest BCUT2D eigenvalue weighted by atomic mass is 10.1. The summed E-state index contributed by atoms with van der Waals surface area (Å²) >= 11 is 6.43.